The summed E-state index contributed by atoms with van der Waals surface area (Å²) in [6, 6.07) is 17.6. The van der Waals surface area contributed by atoms with Gasteiger partial charge in [0.25, 0.3) is 5.91 Å². The number of hydrogen-bond acceptors (Lipinski definition) is 4. The van der Waals surface area contributed by atoms with Gasteiger partial charge in [0.1, 0.15) is 17.4 Å². The summed E-state index contributed by atoms with van der Waals surface area (Å²) in [6.07, 6.45) is 2.01. The lowest BCUT2D eigenvalue weighted by atomic mass is 9.89. The van der Waals surface area contributed by atoms with E-state index in [2.05, 4.69) is 29.4 Å². The number of carbonyl (C=O) groups is 1. The van der Waals surface area contributed by atoms with Crippen LogP contribution in [0, 0.1) is 5.92 Å². The Kier molecular flexibility index (Phi) is 6.21. The lowest BCUT2D eigenvalue weighted by Gasteiger charge is -2.32. The second kappa shape index (κ2) is 9.02. The molecule has 156 valence electrons. The Labute approximate surface area is 181 Å². The molecule has 30 heavy (non-hydrogen) atoms. The predicted octanol–water partition coefficient (Wildman–Crippen LogP) is 5.14. The Morgan fingerprint density at radius 3 is 2.47 bits per heavy atom. The van der Waals surface area contributed by atoms with Crippen molar-refractivity contribution in [1.82, 2.24) is 10.1 Å². The fraction of sp³-hybridized carbons (Fsp3) is 0.333. The smallest absolute Gasteiger partial charge is 0.259 e. The molecule has 4 rings (SSSR count). The number of likely N-dealkylation sites (tertiary alicyclic amines) is 1. The Morgan fingerprint density at radius 2 is 1.83 bits per heavy atom. The van der Waals surface area contributed by atoms with E-state index in [4.69, 9.17) is 16.1 Å². The molecular formula is C24H25ClN2O3. The van der Waals surface area contributed by atoms with Crippen LogP contribution in [0.3, 0.4) is 0 Å². The van der Waals surface area contributed by atoms with Crippen molar-refractivity contribution in [3.8, 4) is 11.3 Å². The van der Waals surface area contributed by atoms with E-state index in [0.29, 0.717) is 35.3 Å². The summed E-state index contributed by atoms with van der Waals surface area (Å²) in [5.74, 6) is 0.623. The van der Waals surface area contributed by atoms with Gasteiger partial charge >= 0.3 is 0 Å². The van der Waals surface area contributed by atoms with Gasteiger partial charge in [0, 0.05) is 23.7 Å². The Balaban J connectivity index is 1.52. The molecule has 6 heteroatoms. The quantitative estimate of drug-likeness (QED) is 0.615. The molecule has 1 amide bonds. The first-order valence-electron chi connectivity index (χ1n) is 10.3. The number of rotatable bonds is 5. The highest BCUT2D eigenvalue weighted by Crippen LogP contribution is 2.32. The number of benzene rings is 2. The maximum Gasteiger partial charge on any atom is 0.259 e. The zero-order valence-electron chi connectivity index (χ0n) is 16.9. The molecule has 5 nitrogen and oxygen atoms in total. The number of aliphatic hydroxyl groups excluding tert-OH is 1. The average molecular weight is 425 g/mol. The van der Waals surface area contributed by atoms with Crippen LogP contribution in [0.25, 0.3) is 11.3 Å². The molecule has 0 bridgehead atoms. The third-order valence-corrected chi connectivity index (χ3v) is 5.95. The Morgan fingerprint density at radius 1 is 1.17 bits per heavy atom. The van der Waals surface area contributed by atoms with E-state index in [1.54, 1.807) is 31.2 Å². The van der Waals surface area contributed by atoms with Crippen LogP contribution in [0.2, 0.25) is 5.02 Å². The topological polar surface area (TPSA) is 66.6 Å². The number of aliphatic hydroxyl groups is 1. The van der Waals surface area contributed by atoms with Crippen LogP contribution in [0.4, 0.5) is 0 Å². The molecule has 1 unspecified atom stereocenters. The van der Waals surface area contributed by atoms with Gasteiger partial charge in [-0.25, -0.2) is 0 Å². The fourth-order valence-electron chi connectivity index (χ4n) is 4.05. The first kappa shape index (κ1) is 20.6. The molecule has 0 aliphatic carbocycles. The average Bonchev–Trinajstić information content (AvgIpc) is 3.20. The minimum absolute atomic E-state index is 0.143. The van der Waals surface area contributed by atoms with Crippen LogP contribution < -0.4 is 0 Å². The second-order valence-electron chi connectivity index (χ2n) is 7.88. The number of amides is 1. The van der Waals surface area contributed by atoms with Crippen LogP contribution in [-0.4, -0.2) is 34.2 Å². The number of piperidine rings is 1. The minimum atomic E-state index is -0.923. The monoisotopic (exact) mass is 424 g/mol. The van der Waals surface area contributed by atoms with Crippen molar-refractivity contribution in [3.05, 3.63) is 76.5 Å². The molecule has 1 atom stereocenters. The van der Waals surface area contributed by atoms with Gasteiger partial charge in [-0.15, -0.1) is 0 Å². The standard InChI is InChI=1S/C24H25ClN2O3/c1-16(28)23-21(22(26-30-23)19-7-9-20(25)10-8-19)24(29)27-13-11-18(12-14-27)15-17-5-3-2-4-6-17/h2-10,16,18,28H,11-15H2,1H3. The van der Waals surface area contributed by atoms with E-state index in [-0.39, 0.29) is 11.7 Å². The number of carbonyl (C=O) groups excluding carboxylic acids is 1. The van der Waals surface area contributed by atoms with Gasteiger partial charge in [0.05, 0.1) is 0 Å². The third-order valence-electron chi connectivity index (χ3n) is 5.70. The summed E-state index contributed by atoms with van der Waals surface area (Å²) >= 11 is 5.99. The molecule has 0 spiro atoms. The zero-order valence-corrected chi connectivity index (χ0v) is 17.7. The Bertz CT molecular complexity index is 991. The summed E-state index contributed by atoms with van der Waals surface area (Å²) in [4.78, 5) is 15.2. The Hall–Kier alpha value is -2.63. The summed E-state index contributed by atoms with van der Waals surface area (Å²) in [7, 11) is 0. The predicted molar refractivity (Wildman–Crippen MR) is 116 cm³/mol. The van der Waals surface area contributed by atoms with Gasteiger partial charge in [-0.3, -0.25) is 4.79 Å². The molecule has 2 aromatic carbocycles. The van der Waals surface area contributed by atoms with E-state index < -0.39 is 6.10 Å². The van der Waals surface area contributed by atoms with Crippen molar-refractivity contribution < 1.29 is 14.4 Å². The van der Waals surface area contributed by atoms with Crippen molar-refractivity contribution in [1.29, 1.82) is 0 Å². The number of aromatic nitrogens is 1. The molecule has 1 fully saturated rings. The normalized spacial score (nSPS) is 15.9. The summed E-state index contributed by atoms with van der Waals surface area (Å²) in [6.45, 7) is 2.94. The van der Waals surface area contributed by atoms with Crippen LogP contribution in [-0.2, 0) is 6.42 Å². The molecule has 3 aromatic rings. The van der Waals surface area contributed by atoms with Gasteiger partial charge in [-0.05, 0) is 49.8 Å². The molecular weight excluding hydrogens is 400 g/mol. The highest BCUT2D eigenvalue weighted by atomic mass is 35.5. The summed E-state index contributed by atoms with van der Waals surface area (Å²) in [5.41, 5.74) is 2.85. The van der Waals surface area contributed by atoms with Gasteiger partial charge in [0.2, 0.25) is 0 Å². The lowest BCUT2D eigenvalue weighted by molar-refractivity contribution is 0.0680. The SMILES string of the molecule is CC(O)c1onc(-c2ccc(Cl)cc2)c1C(=O)N1CCC(Cc2ccccc2)CC1. The zero-order chi connectivity index (χ0) is 21.1. The van der Waals surface area contributed by atoms with Gasteiger partial charge in [-0.2, -0.15) is 0 Å². The van der Waals surface area contributed by atoms with Gasteiger partial charge < -0.3 is 14.5 Å². The molecule has 2 heterocycles. The summed E-state index contributed by atoms with van der Waals surface area (Å²) in [5, 5.41) is 14.8. The number of nitrogens with zero attached hydrogens (tertiary/aromatic N) is 2. The molecule has 1 aliphatic heterocycles. The lowest BCUT2D eigenvalue weighted by Crippen LogP contribution is -2.39. The highest BCUT2D eigenvalue weighted by Gasteiger charge is 2.32. The maximum absolute atomic E-state index is 13.4. The van der Waals surface area contributed by atoms with E-state index in [9.17, 15) is 9.90 Å². The molecule has 1 saturated heterocycles. The van der Waals surface area contributed by atoms with Crippen LogP contribution in [0.15, 0.2) is 59.1 Å². The van der Waals surface area contributed by atoms with Gasteiger partial charge in [0.15, 0.2) is 5.76 Å². The second-order valence-corrected chi connectivity index (χ2v) is 8.32. The molecule has 1 aromatic heterocycles. The first-order chi connectivity index (χ1) is 14.5. The van der Waals surface area contributed by atoms with Crippen molar-refractivity contribution in [2.45, 2.75) is 32.3 Å². The van der Waals surface area contributed by atoms with E-state index in [1.165, 1.54) is 5.56 Å². The largest absolute Gasteiger partial charge is 0.385 e. The van der Waals surface area contributed by atoms with Crippen molar-refractivity contribution >= 4 is 17.5 Å². The van der Waals surface area contributed by atoms with Crippen LogP contribution in [0.5, 0.6) is 0 Å². The first-order valence-corrected chi connectivity index (χ1v) is 10.7. The van der Waals surface area contributed by atoms with Gasteiger partial charge in [-0.1, -0.05) is 59.2 Å². The molecule has 1 aliphatic rings. The number of halogens is 1. The van der Waals surface area contributed by atoms with Crippen molar-refractivity contribution in [3.63, 3.8) is 0 Å². The van der Waals surface area contributed by atoms with Crippen molar-refractivity contribution in [2.75, 3.05) is 13.1 Å². The molecule has 0 saturated carbocycles. The maximum atomic E-state index is 13.4. The minimum Gasteiger partial charge on any atom is -0.385 e. The van der Waals surface area contributed by atoms with Crippen molar-refractivity contribution in [2.24, 2.45) is 5.92 Å². The highest BCUT2D eigenvalue weighted by molar-refractivity contribution is 6.30. The van der Waals surface area contributed by atoms with Crippen LogP contribution in [0.1, 0.15) is 47.6 Å². The fourth-order valence-corrected chi connectivity index (χ4v) is 4.17. The number of hydrogen-bond donors (Lipinski definition) is 1. The van der Waals surface area contributed by atoms with E-state index >= 15 is 0 Å². The van der Waals surface area contributed by atoms with E-state index in [1.807, 2.05) is 11.0 Å². The third kappa shape index (κ3) is 4.42. The van der Waals surface area contributed by atoms with E-state index in [0.717, 1.165) is 24.8 Å². The molecule has 1 N–H and O–H groups in total. The molecule has 0 radical (unpaired) electrons. The summed E-state index contributed by atoms with van der Waals surface area (Å²) < 4.78 is 5.37. The van der Waals surface area contributed by atoms with Crippen LogP contribution >= 0.6 is 11.6 Å².